The summed E-state index contributed by atoms with van der Waals surface area (Å²) in [7, 11) is 0. The van der Waals surface area contributed by atoms with E-state index in [1.165, 1.54) is 27.9 Å². The normalized spacial score (nSPS) is 10.3. The molecule has 1 nitrogen and oxygen atoms in total. The fourth-order valence-electron chi connectivity index (χ4n) is 1.96. The Kier molecular flexibility index (Phi) is 3.48. The van der Waals surface area contributed by atoms with Gasteiger partial charge in [-0.05, 0) is 55.2 Å². The minimum absolute atomic E-state index is 0.886. The number of aryl methyl sites for hydroxylation is 3. The second-order valence-electron chi connectivity index (χ2n) is 4.58. The minimum Gasteiger partial charge on any atom is -0.381 e. The molecule has 0 aliphatic heterocycles. The zero-order chi connectivity index (χ0) is 12.3. The zero-order valence-electron chi connectivity index (χ0n) is 10.7. The van der Waals surface area contributed by atoms with Crippen LogP contribution in [0.1, 0.15) is 22.3 Å². The van der Waals surface area contributed by atoms with Crippen LogP contribution in [0, 0.1) is 20.8 Å². The fraction of sp³-hybridized carbons (Fsp3) is 0.250. The van der Waals surface area contributed by atoms with Gasteiger partial charge in [-0.25, -0.2) is 0 Å². The maximum absolute atomic E-state index is 3.45. The van der Waals surface area contributed by atoms with E-state index in [0.29, 0.717) is 0 Å². The molecule has 17 heavy (non-hydrogen) atoms. The van der Waals surface area contributed by atoms with E-state index in [1.807, 2.05) is 6.07 Å². The van der Waals surface area contributed by atoms with Crippen molar-refractivity contribution in [2.75, 3.05) is 5.32 Å². The first-order valence-corrected chi connectivity index (χ1v) is 6.02. The summed E-state index contributed by atoms with van der Waals surface area (Å²) >= 11 is 0. The van der Waals surface area contributed by atoms with Crippen LogP contribution < -0.4 is 5.32 Å². The molecule has 2 aromatic carbocycles. The summed E-state index contributed by atoms with van der Waals surface area (Å²) in [4.78, 5) is 0. The number of nitrogens with one attached hydrogen (secondary N) is 1. The SMILES string of the molecule is Cc1cc(C)c(CNc2ccccc2)cc1C. The lowest BCUT2D eigenvalue weighted by Crippen LogP contribution is -2.02. The standard InChI is InChI=1S/C16H19N/c1-12-9-14(3)15(10-13(12)2)11-17-16-7-5-4-6-8-16/h4-10,17H,11H2,1-3H3. The molecule has 1 heteroatoms. The van der Waals surface area contributed by atoms with E-state index in [2.05, 4.69) is 62.5 Å². The van der Waals surface area contributed by atoms with Crippen molar-refractivity contribution in [3.8, 4) is 0 Å². The van der Waals surface area contributed by atoms with Gasteiger partial charge in [0.15, 0.2) is 0 Å². The predicted octanol–water partition coefficient (Wildman–Crippen LogP) is 4.22. The van der Waals surface area contributed by atoms with Gasteiger partial charge < -0.3 is 5.32 Å². The Bertz CT molecular complexity index is 500. The number of rotatable bonds is 3. The highest BCUT2D eigenvalue weighted by molar-refractivity contribution is 5.45. The van der Waals surface area contributed by atoms with Crippen LogP contribution in [0.5, 0.6) is 0 Å². The van der Waals surface area contributed by atoms with Crippen molar-refractivity contribution in [3.05, 3.63) is 64.7 Å². The number of anilines is 1. The smallest absolute Gasteiger partial charge is 0.0403 e. The summed E-state index contributed by atoms with van der Waals surface area (Å²) < 4.78 is 0. The number of benzene rings is 2. The largest absolute Gasteiger partial charge is 0.381 e. The predicted molar refractivity (Wildman–Crippen MR) is 74.4 cm³/mol. The second kappa shape index (κ2) is 5.05. The molecule has 88 valence electrons. The first-order chi connectivity index (χ1) is 8.16. The van der Waals surface area contributed by atoms with Gasteiger partial charge in [-0.15, -0.1) is 0 Å². The van der Waals surface area contributed by atoms with Crippen molar-refractivity contribution >= 4 is 5.69 Å². The third kappa shape index (κ3) is 2.88. The van der Waals surface area contributed by atoms with Gasteiger partial charge in [-0.2, -0.15) is 0 Å². The van der Waals surface area contributed by atoms with Gasteiger partial charge >= 0.3 is 0 Å². The van der Waals surface area contributed by atoms with Crippen molar-refractivity contribution < 1.29 is 0 Å². The number of hydrogen-bond acceptors (Lipinski definition) is 1. The lowest BCUT2D eigenvalue weighted by atomic mass is 10.0. The van der Waals surface area contributed by atoms with Gasteiger partial charge in [0.05, 0.1) is 0 Å². The van der Waals surface area contributed by atoms with Gasteiger partial charge in [0.2, 0.25) is 0 Å². The van der Waals surface area contributed by atoms with E-state index < -0.39 is 0 Å². The Morgan fingerprint density at radius 2 is 1.47 bits per heavy atom. The highest BCUT2D eigenvalue weighted by atomic mass is 14.9. The molecule has 2 aromatic rings. The van der Waals surface area contributed by atoms with Crippen molar-refractivity contribution in [1.29, 1.82) is 0 Å². The first kappa shape index (κ1) is 11.7. The quantitative estimate of drug-likeness (QED) is 0.824. The van der Waals surface area contributed by atoms with Crippen LogP contribution in [-0.4, -0.2) is 0 Å². The average Bonchev–Trinajstić information content (AvgIpc) is 2.33. The summed E-state index contributed by atoms with van der Waals surface area (Å²) in [6, 6.07) is 14.9. The summed E-state index contributed by atoms with van der Waals surface area (Å²) in [5.74, 6) is 0. The van der Waals surface area contributed by atoms with E-state index in [4.69, 9.17) is 0 Å². The van der Waals surface area contributed by atoms with Crippen molar-refractivity contribution in [1.82, 2.24) is 0 Å². The van der Waals surface area contributed by atoms with Crippen LogP contribution in [-0.2, 0) is 6.54 Å². The lowest BCUT2D eigenvalue weighted by molar-refractivity contribution is 1.10. The molecule has 0 aromatic heterocycles. The molecular formula is C16H19N. The summed E-state index contributed by atoms with van der Waals surface area (Å²) in [5, 5.41) is 3.45. The minimum atomic E-state index is 0.886. The summed E-state index contributed by atoms with van der Waals surface area (Å²) in [6.45, 7) is 7.39. The summed E-state index contributed by atoms with van der Waals surface area (Å²) in [5.41, 5.74) is 6.63. The van der Waals surface area contributed by atoms with Gasteiger partial charge in [0.25, 0.3) is 0 Å². The number of para-hydroxylation sites is 1. The Labute approximate surface area is 103 Å². The molecule has 0 saturated heterocycles. The molecular weight excluding hydrogens is 206 g/mol. The van der Waals surface area contributed by atoms with Crippen molar-refractivity contribution in [2.45, 2.75) is 27.3 Å². The highest BCUT2D eigenvalue weighted by Crippen LogP contribution is 2.17. The van der Waals surface area contributed by atoms with Crippen LogP contribution in [0.25, 0.3) is 0 Å². The van der Waals surface area contributed by atoms with E-state index in [0.717, 1.165) is 6.54 Å². The number of hydrogen-bond donors (Lipinski definition) is 1. The molecule has 0 unspecified atom stereocenters. The maximum Gasteiger partial charge on any atom is 0.0403 e. The van der Waals surface area contributed by atoms with E-state index in [9.17, 15) is 0 Å². The van der Waals surface area contributed by atoms with Gasteiger partial charge in [-0.3, -0.25) is 0 Å². The molecule has 0 heterocycles. The molecule has 0 amide bonds. The van der Waals surface area contributed by atoms with Crippen LogP contribution in [0.4, 0.5) is 5.69 Å². The molecule has 0 aliphatic rings. The third-order valence-corrected chi connectivity index (χ3v) is 3.21. The molecule has 0 bridgehead atoms. The van der Waals surface area contributed by atoms with E-state index in [-0.39, 0.29) is 0 Å². The van der Waals surface area contributed by atoms with E-state index >= 15 is 0 Å². The molecule has 0 spiro atoms. The molecule has 0 aliphatic carbocycles. The molecule has 0 radical (unpaired) electrons. The van der Waals surface area contributed by atoms with Gasteiger partial charge in [0.1, 0.15) is 0 Å². The first-order valence-electron chi connectivity index (χ1n) is 6.02. The highest BCUT2D eigenvalue weighted by Gasteiger charge is 2.01. The molecule has 0 saturated carbocycles. The van der Waals surface area contributed by atoms with Crippen LogP contribution in [0.3, 0.4) is 0 Å². The van der Waals surface area contributed by atoms with Crippen LogP contribution in [0.15, 0.2) is 42.5 Å². The lowest BCUT2D eigenvalue weighted by Gasteiger charge is -2.11. The van der Waals surface area contributed by atoms with Crippen LogP contribution in [0.2, 0.25) is 0 Å². The topological polar surface area (TPSA) is 12.0 Å². The average molecular weight is 225 g/mol. The van der Waals surface area contributed by atoms with Crippen LogP contribution >= 0.6 is 0 Å². The van der Waals surface area contributed by atoms with Crippen molar-refractivity contribution in [3.63, 3.8) is 0 Å². The molecule has 1 N–H and O–H groups in total. The molecule has 2 rings (SSSR count). The Morgan fingerprint density at radius 1 is 0.824 bits per heavy atom. The second-order valence-corrected chi connectivity index (χ2v) is 4.58. The Morgan fingerprint density at radius 3 is 2.18 bits per heavy atom. The Hall–Kier alpha value is -1.76. The summed E-state index contributed by atoms with van der Waals surface area (Å²) in [6.07, 6.45) is 0. The third-order valence-electron chi connectivity index (χ3n) is 3.21. The molecule has 0 fully saturated rings. The Balaban J connectivity index is 2.12. The van der Waals surface area contributed by atoms with Crippen molar-refractivity contribution in [2.24, 2.45) is 0 Å². The fourth-order valence-corrected chi connectivity index (χ4v) is 1.96. The van der Waals surface area contributed by atoms with Gasteiger partial charge in [0, 0.05) is 12.2 Å². The molecule has 0 atom stereocenters. The van der Waals surface area contributed by atoms with Gasteiger partial charge in [-0.1, -0.05) is 30.3 Å². The zero-order valence-corrected chi connectivity index (χ0v) is 10.7. The monoisotopic (exact) mass is 225 g/mol. The van der Waals surface area contributed by atoms with E-state index in [1.54, 1.807) is 0 Å². The maximum atomic E-state index is 3.45.